The minimum Gasteiger partial charge on any atom is -0.486 e. The van der Waals surface area contributed by atoms with Gasteiger partial charge >= 0.3 is 0 Å². The number of aryl methyl sites for hydroxylation is 1. The molecular weight excluding hydrogens is 469 g/mol. The fourth-order valence-corrected chi connectivity index (χ4v) is 4.86. The summed E-state index contributed by atoms with van der Waals surface area (Å²) in [5.74, 6) is 1.69. The van der Waals surface area contributed by atoms with Crippen LogP contribution in [0, 0.1) is 0 Å². The van der Waals surface area contributed by atoms with Gasteiger partial charge in [-0.2, -0.15) is 0 Å². The van der Waals surface area contributed by atoms with E-state index in [2.05, 4.69) is 15.0 Å². The Hall–Kier alpha value is -3.53. The highest BCUT2D eigenvalue weighted by Gasteiger charge is 2.32. The zero-order valence-corrected chi connectivity index (χ0v) is 20.3. The minimum absolute atomic E-state index is 0.173. The standard InChI is InChI=1S/C25H26FN5O3S/c1-3-17-13-28-25(29-14-17)30-10-9-23(21(26)16-30)34-19-4-7-24(27-15-19)31-11-8-18-12-20(35(2,32)33)5-6-22(18)31/h4-8,11-15,21,23H,3,9-10,16H2,1-2H3/t21-,23+/m1/s1. The van der Waals surface area contributed by atoms with Gasteiger partial charge in [-0.25, -0.2) is 27.8 Å². The van der Waals surface area contributed by atoms with Crippen LogP contribution in [0.4, 0.5) is 10.3 Å². The average Bonchev–Trinajstić information content (AvgIpc) is 3.29. The van der Waals surface area contributed by atoms with E-state index in [-0.39, 0.29) is 11.4 Å². The van der Waals surface area contributed by atoms with Gasteiger partial charge in [-0.1, -0.05) is 6.92 Å². The summed E-state index contributed by atoms with van der Waals surface area (Å²) in [6.45, 7) is 2.82. The van der Waals surface area contributed by atoms with Gasteiger partial charge in [-0.05, 0) is 48.4 Å². The SMILES string of the molecule is CCc1cnc(N2CC[C@H](Oc3ccc(-n4ccc5cc(S(C)(=O)=O)ccc54)nc3)[C@H](F)C2)nc1. The predicted octanol–water partition coefficient (Wildman–Crippen LogP) is 3.78. The summed E-state index contributed by atoms with van der Waals surface area (Å²) in [7, 11) is -3.28. The predicted molar refractivity (Wildman–Crippen MR) is 132 cm³/mol. The van der Waals surface area contributed by atoms with Crippen molar-refractivity contribution in [3.63, 3.8) is 0 Å². The van der Waals surface area contributed by atoms with E-state index in [9.17, 15) is 12.8 Å². The van der Waals surface area contributed by atoms with E-state index in [0.717, 1.165) is 22.9 Å². The summed E-state index contributed by atoms with van der Waals surface area (Å²) in [5.41, 5.74) is 1.88. The lowest BCUT2D eigenvalue weighted by Gasteiger charge is -2.34. The lowest BCUT2D eigenvalue weighted by atomic mass is 10.1. The van der Waals surface area contributed by atoms with Crippen LogP contribution in [-0.4, -0.2) is 59.6 Å². The summed E-state index contributed by atoms with van der Waals surface area (Å²) >= 11 is 0. The Bertz CT molecular complexity index is 1440. The Labute approximate surface area is 203 Å². The Kier molecular flexibility index (Phi) is 6.14. The molecule has 2 atom stereocenters. The molecule has 0 spiro atoms. The maximum atomic E-state index is 14.9. The fourth-order valence-electron chi connectivity index (χ4n) is 4.20. The van der Waals surface area contributed by atoms with E-state index in [4.69, 9.17) is 4.74 Å². The Morgan fingerprint density at radius 1 is 1.09 bits per heavy atom. The van der Waals surface area contributed by atoms with E-state index in [0.29, 0.717) is 30.5 Å². The molecule has 1 saturated heterocycles. The highest BCUT2D eigenvalue weighted by atomic mass is 32.2. The highest BCUT2D eigenvalue weighted by Crippen LogP contribution is 2.26. The normalized spacial score (nSPS) is 18.7. The maximum Gasteiger partial charge on any atom is 0.225 e. The van der Waals surface area contributed by atoms with Crippen LogP contribution < -0.4 is 9.64 Å². The number of hydrogen-bond acceptors (Lipinski definition) is 7. The van der Waals surface area contributed by atoms with Crippen LogP contribution in [0.3, 0.4) is 0 Å². The number of nitrogens with zero attached hydrogens (tertiary/aromatic N) is 5. The largest absolute Gasteiger partial charge is 0.486 e. The van der Waals surface area contributed by atoms with Crippen molar-refractivity contribution < 1.29 is 17.5 Å². The van der Waals surface area contributed by atoms with Crippen molar-refractivity contribution in [3.8, 4) is 11.6 Å². The first-order chi connectivity index (χ1) is 16.8. The smallest absolute Gasteiger partial charge is 0.225 e. The van der Waals surface area contributed by atoms with Gasteiger partial charge in [-0.3, -0.25) is 0 Å². The first kappa shape index (κ1) is 23.2. The first-order valence-electron chi connectivity index (χ1n) is 11.5. The van der Waals surface area contributed by atoms with E-state index in [1.165, 1.54) is 6.26 Å². The molecule has 4 aromatic rings. The first-order valence-corrected chi connectivity index (χ1v) is 13.3. The van der Waals surface area contributed by atoms with Crippen molar-refractivity contribution in [1.29, 1.82) is 0 Å². The van der Waals surface area contributed by atoms with Crippen molar-refractivity contribution >= 4 is 26.7 Å². The Balaban J connectivity index is 1.26. The van der Waals surface area contributed by atoms with Gasteiger partial charge in [0.05, 0.1) is 23.2 Å². The zero-order valence-electron chi connectivity index (χ0n) is 19.5. The third-order valence-electron chi connectivity index (χ3n) is 6.21. The maximum absolute atomic E-state index is 14.9. The number of halogens is 1. The molecule has 0 aliphatic carbocycles. The zero-order chi connectivity index (χ0) is 24.6. The fraction of sp³-hybridized carbons (Fsp3) is 0.320. The number of benzene rings is 1. The van der Waals surface area contributed by atoms with Crippen molar-refractivity contribution in [2.75, 3.05) is 24.2 Å². The Morgan fingerprint density at radius 3 is 2.54 bits per heavy atom. The van der Waals surface area contributed by atoms with Crippen LogP contribution in [-0.2, 0) is 16.3 Å². The molecule has 3 aromatic heterocycles. The summed E-state index contributed by atoms with van der Waals surface area (Å²) < 4.78 is 46.4. The molecule has 35 heavy (non-hydrogen) atoms. The molecule has 10 heteroatoms. The lowest BCUT2D eigenvalue weighted by molar-refractivity contribution is 0.0813. The molecule has 1 aliphatic heterocycles. The van der Waals surface area contributed by atoms with Crippen LogP contribution in [0.5, 0.6) is 5.75 Å². The van der Waals surface area contributed by atoms with Crippen molar-refractivity contribution in [2.45, 2.75) is 36.9 Å². The second-order valence-electron chi connectivity index (χ2n) is 8.68. The molecule has 0 bridgehead atoms. The third-order valence-corrected chi connectivity index (χ3v) is 7.32. The molecule has 0 unspecified atom stereocenters. The average molecular weight is 496 g/mol. The van der Waals surface area contributed by atoms with Crippen LogP contribution >= 0.6 is 0 Å². The molecule has 0 radical (unpaired) electrons. The molecule has 0 amide bonds. The lowest BCUT2D eigenvalue weighted by Crippen LogP contribution is -2.47. The third kappa shape index (κ3) is 4.84. The van der Waals surface area contributed by atoms with E-state index >= 15 is 0 Å². The highest BCUT2D eigenvalue weighted by molar-refractivity contribution is 7.90. The van der Waals surface area contributed by atoms with Crippen LogP contribution in [0.1, 0.15) is 18.9 Å². The molecule has 4 heterocycles. The van der Waals surface area contributed by atoms with Gasteiger partial charge in [0.15, 0.2) is 16.0 Å². The number of hydrogen-bond donors (Lipinski definition) is 0. The number of rotatable bonds is 6. The number of alkyl halides is 1. The summed E-state index contributed by atoms with van der Waals surface area (Å²) in [6, 6.07) is 10.4. The van der Waals surface area contributed by atoms with Gasteiger partial charge in [0, 0.05) is 43.2 Å². The second kappa shape index (κ2) is 9.26. The molecule has 0 saturated carbocycles. The number of pyridine rings is 1. The monoisotopic (exact) mass is 495 g/mol. The quantitative estimate of drug-likeness (QED) is 0.402. The summed E-state index contributed by atoms with van der Waals surface area (Å²) in [4.78, 5) is 15.3. The number of sulfone groups is 1. The van der Waals surface area contributed by atoms with Gasteiger partial charge in [-0.15, -0.1) is 0 Å². The Morgan fingerprint density at radius 2 is 1.89 bits per heavy atom. The minimum atomic E-state index is -3.28. The van der Waals surface area contributed by atoms with E-state index in [1.807, 2.05) is 28.7 Å². The van der Waals surface area contributed by atoms with E-state index in [1.54, 1.807) is 48.9 Å². The molecule has 1 fully saturated rings. The van der Waals surface area contributed by atoms with Crippen LogP contribution in [0.25, 0.3) is 16.7 Å². The van der Waals surface area contributed by atoms with Crippen LogP contribution in [0.15, 0.2) is 66.1 Å². The van der Waals surface area contributed by atoms with E-state index < -0.39 is 22.1 Å². The molecule has 1 aromatic carbocycles. The summed E-state index contributed by atoms with van der Waals surface area (Å²) in [6.07, 6.45) is 7.78. The number of piperidine rings is 1. The second-order valence-corrected chi connectivity index (χ2v) is 10.7. The van der Waals surface area contributed by atoms with Crippen molar-refractivity contribution in [1.82, 2.24) is 19.5 Å². The molecule has 8 nitrogen and oxygen atoms in total. The van der Waals surface area contributed by atoms with Gasteiger partial charge < -0.3 is 14.2 Å². The van der Waals surface area contributed by atoms with Gasteiger partial charge in [0.25, 0.3) is 0 Å². The van der Waals surface area contributed by atoms with Gasteiger partial charge in [0.2, 0.25) is 5.95 Å². The van der Waals surface area contributed by atoms with Crippen molar-refractivity contribution in [2.24, 2.45) is 0 Å². The number of aromatic nitrogens is 4. The number of fused-ring (bicyclic) bond motifs is 1. The molecule has 182 valence electrons. The van der Waals surface area contributed by atoms with Gasteiger partial charge in [0.1, 0.15) is 17.7 Å². The van der Waals surface area contributed by atoms with Crippen LogP contribution in [0.2, 0.25) is 0 Å². The van der Waals surface area contributed by atoms with Crippen molar-refractivity contribution in [3.05, 3.63) is 66.7 Å². The number of anilines is 1. The molecule has 1 aliphatic rings. The molecule has 0 N–H and O–H groups in total. The molecule has 5 rings (SSSR count). The molecular formula is C25H26FN5O3S. The summed E-state index contributed by atoms with van der Waals surface area (Å²) in [5, 5.41) is 0.801. The number of ether oxygens (including phenoxy) is 1. The topological polar surface area (TPSA) is 90.2 Å².